The van der Waals surface area contributed by atoms with Gasteiger partial charge in [-0.3, -0.25) is 4.79 Å². The maximum absolute atomic E-state index is 12.6. The van der Waals surface area contributed by atoms with Crippen LogP contribution in [0.1, 0.15) is 16.7 Å². The van der Waals surface area contributed by atoms with Crippen molar-refractivity contribution in [3.8, 4) is 23.3 Å². The summed E-state index contributed by atoms with van der Waals surface area (Å²) in [6.07, 6.45) is 3.70. The van der Waals surface area contributed by atoms with Crippen molar-refractivity contribution >= 4 is 29.3 Å². The lowest BCUT2D eigenvalue weighted by Crippen LogP contribution is -2.13. The van der Waals surface area contributed by atoms with Gasteiger partial charge in [-0.25, -0.2) is 0 Å². The van der Waals surface area contributed by atoms with E-state index in [2.05, 4.69) is 11.9 Å². The Hall–Kier alpha value is -4.21. The molecule has 2 N–H and O–H groups in total. The van der Waals surface area contributed by atoms with Crippen LogP contribution in [0.4, 0.5) is 5.69 Å². The quantitative estimate of drug-likeness (QED) is 0.174. The van der Waals surface area contributed by atoms with Crippen molar-refractivity contribution in [3.63, 3.8) is 0 Å². The van der Waals surface area contributed by atoms with E-state index in [0.717, 1.165) is 11.1 Å². The van der Waals surface area contributed by atoms with E-state index in [1.54, 1.807) is 30.3 Å². The molecule has 6 nitrogen and oxygen atoms in total. The summed E-state index contributed by atoms with van der Waals surface area (Å²) >= 11 is 6.06. The summed E-state index contributed by atoms with van der Waals surface area (Å²) in [5.74, 6) is 0.516. The van der Waals surface area contributed by atoms with Crippen molar-refractivity contribution in [2.24, 2.45) is 0 Å². The number of nitrogens with one attached hydrogen (secondary N) is 1. The molecule has 172 valence electrons. The van der Waals surface area contributed by atoms with Crippen LogP contribution in [0.15, 0.2) is 78.9 Å². The number of anilines is 1. The highest BCUT2D eigenvalue weighted by Gasteiger charge is 2.15. The van der Waals surface area contributed by atoms with Crippen molar-refractivity contribution in [3.05, 3.63) is 101 Å². The summed E-state index contributed by atoms with van der Waals surface area (Å²) in [7, 11) is 1.52. The first-order valence-electron chi connectivity index (χ1n) is 10.3. The Kier molecular flexibility index (Phi) is 8.33. The molecule has 0 radical (unpaired) electrons. The lowest BCUT2D eigenvalue weighted by atomic mass is 10.0. The second-order valence-corrected chi connectivity index (χ2v) is 7.73. The average molecular weight is 475 g/mol. The largest absolute Gasteiger partial charge is 0.508 e. The molecule has 0 aliphatic rings. The number of methoxy groups -OCH3 is 1. The van der Waals surface area contributed by atoms with E-state index < -0.39 is 5.91 Å². The number of amides is 1. The highest BCUT2D eigenvalue weighted by atomic mass is 35.5. The molecule has 0 bridgehead atoms. The van der Waals surface area contributed by atoms with Crippen LogP contribution in [-0.4, -0.2) is 18.1 Å². The first-order chi connectivity index (χ1) is 16.4. The number of carbonyl (C=O) groups is 1. The summed E-state index contributed by atoms with van der Waals surface area (Å²) in [5.41, 5.74) is 2.66. The SMILES string of the molecule is C=CCc1cc(/C=C(\C#N)C(=O)Nc2ccc(O)cc2)cc(OC)c1OCc1cccc(Cl)c1. The first kappa shape index (κ1) is 24.4. The molecule has 3 aromatic rings. The summed E-state index contributed by atoms with van der Waals surface area (Å²) in [6.45, 7) is 4.09. The number of nitriles is 1. The van der Waals surface area contributed by atoms with Crippen LogP contribution in [-0.2, 0) is 17.8 Å². The van der Waals surface area contributed by atoms with E-state index in [1.165, 1.54) is 25.3 Å². The number of halogens is 1. The monoisotopic (exact) mass is 474 g/mol. The maximum Gasteiger partial charge on any atom is 0.266 e. The lowest BCUT2D eigenvalue weighted by molar-refractivity contribution is -0.112. The highest BCUT2D eigenvalue weighted by molar-refractivity contribution is 6.30. The number of nitrogens with zero attached hydrogens (tertiary/aromatic N) is 1. The Balaban J connectivity index is 1.89. The number of benzene rings is 3. The number of carbonyl (C=O) groups excluding carboxylic acids is 1. The molecule has 0 aromatic heterocycles. The molecular formula is C27H23ClN2O4. The Bertz CT molecular complexity index is 1260. The zero-order valence-corrected chi connectivity index (χ0v) is 19.3. The first-order valence-corrected chi connectivity index (χ1v) is 10.7. The molecule has 0 aliphatic carbocycles. The zero-order valence-electron chi connectivity index (χ0n) is 18.5. The molecule has 3 rings (SSSR count). The van der Waals surface area contributed by atoms with Gasteiger partial charge < -0.3 is 19.9 Å². The Morgan fingerprint density at radius 2 is 1.97 bits per heavy atom. The second kappa shape index (κ2) is 11.6. The predicted molar refractivity (Wildman–Crippen MR) is 133 cm³/mol. The number of rotatable bonds is 9. The minimum atomic E-state index is -0.571. The average Bonchev–Trinajstić information content (AvgIpc) is 2.83. The van der Waals surface area contributed by atoms with Gasteiger partial charge in [0.25, 0.3) is 5.91 Å². The molecule has 34 heavy (non-hydrogen) atoms. The molecule has 0 aliphatic heterocycles. The molecule has 0 saturated heterocycles. The second-order valence-electron chi connectivity index (χ2n) is 7.29. The van der Waals surface area contributed by atoms with Gasteiger partial charge >= 0.3 is 0 Å². The normalized spacial score (nSPS) is 10.8. The number of ether oxygens (including phenoxy) is 2. The minimum Gasteiger partial charge on any atom is -0.508 e. The van der Waals surface area contributed by atoms with Gasteiger partial charge in [-0.2, -0.15) is 5.26 Å². The van der Waals surface area contributed by atoms with Crippen LogP contribution in [0.5, 0.6) is 17.2 Å². The number of allylic oxidation sites excluding steroid dienone is 1. The zero-order chi connectivity index (χ0) is 24.5. The number of hydrogen-bond acceptors (Lipinski definition) is 5. The van der Waals surface area contributed by atoms with E-state index in [-0.39, 0.29) is 17.9 Å². The molecule has 7 heteroatoms. The van der Waals surface area contributed by atoms with Crippen LogP contribution < -0.4 is 14.8 Å². The Morgan fingerprint density at radius 3 is 2.62 bits per heavy atom. The van der Waals surface area contributed by atoms with Gasteiger partial charge in [0.2, 0.25) is 0 Å². The number of phenols is 1. The van der Waals surface area contributed by atoms with Gasteiger partial charge in [0, 0.05) is 16.3 Å². The standard InChI is InChI=1S/C27H23ClN2O4/c1-3-5-20-12-19(13-21(16-29)27(32)30-23-8-10-24(31)11-9-23)15-25(33-2)26(20)34-17-18-6-4-7-22(28)14-18/h3-4,6-15,31H,1,5,17H2,2H3,(H,30,32)/b21-13+. The van der Waals surface area contributed by atoms with Gasteiger partial charge in [0.05, 0.1) is 7.11 Å². The Labute approximate surface area is 203 Å². The van der Waals surface area contributed by atoms with E-state index >= 15 is 0 Å². The molecule has 0 heterocycles. The minimum absolute atomic E-state index is 0.0774. The predicted octanol–water partition coefficient (Wildman–Crippen LogP) is 5.91. The van der Waals surface area contributed by atoms with E-state index in [9.17, 15) is 15.2 Å². The molecule has 1 amide bonds. The molecule has 0 saturated carbocycles. The van der Waals surface area contributed by atoms with E-state index in [1.807, 2.05) is 30.3 Å². The van der Waals surface area contributed by atoms with Gasteiger partial charge in [-0.1, -0.05) is 29.8 Å². The van der Waals surface area contributed by atoms with Gasteiger partial charge in [-0.15, -0.1) is 6.58 Å². The van der Waals surface area contributed by atoms with E-state index in [4.69, 9.17) is 21.1 Å². The molecule has 0 spiro atoms. The van der Waals surface area contributed by atoms with Crippen LogP contribution >= 0.6 is 11.6 Å². The van der Waals surface area contributed by atoms with Crippen LogP contribution in [0.3, 0.4) is 0 Å². The fourth-order valence-electron chi connectivity index (χ4n) is 3.23. The third-order valence-electron chi connectivity index (χ3n) is 4.81. The molecule has 0 fully saturated rings. The lowest BCUT2D eigenvalue weighted by Gasteiger charge is -2.16. The van der Waals surface area contributed by atoms with Crippen molar-refractivity contribution in [1.29, 1.82) is 5.26 Å². The fourth-order valence-corrected chi connectivity index (χ4v) is 3.44. The number of phenolic OH excluding ortho intramolecular Hbond substituents is 1. The molecule has 3 aromatic carbocycles. The third kappa shape index (κ3) is 6.41. The van der Waals surface area contributed by atoms with Gasteiger partial charge in [0.1, 0.15) is 24.0 Å². The molecular weight excluding hydrogens is 452 g/mol. The molecule has 0 unspecified atom stereocenters. The van der Waals surface area contributed by atoms with Crippen LogP contribution in [0.25, 0.3) is 6.08 Å². The number of aromatic hydroxyl groups is 1. The van der Waals surface area contributed by atoms with Crippen molar-refractivity contribution in [2.75, 3.05) is 12.4 Å². The number of hydrogen-bond donors (Lipinski definition) is 2. The van der Waals surface area contributed by atoms with Crippen LogP contribution in [0, 0.1) is 11.3 Å². The summed E-state index contributed by atoms with van der Waals surface area (Å²) in [6, 6.07) is 18.8. The maximum atomic E-state index is 12.6. The fraction of sp³-hybridized carbons (Fsp3) is 0.111. The summed E-state index contributed by atoms with van der Waals surface area (Å²) in [4.78, 5) is 12.6. The Morgan fingerprint density at radius 1 is 1.21 bits per heavy atom. The van der Waals surface area contributed by atoms with Crippen LogP contribution in [0.2, 0.25) is 5.02 Å². The molecule has 0 atom stereocenters. The van der Waals surface area contributed by atoms with Crippen molar-refractivity contribution < 1.29 is 19.4 Å². The van der Waals surface area contributed by atoms with Crippen molar-refractivity contribution in [1.82, 2.24) is 0 Å². The topological polar surface area (TPSA) is 91.6 Å². The van der Waals surface area contributed by atoms with Gasteiger partial charge in [-0.05, 0) is 72.2 Å². The van der Waals surface area contributed by atoms with Gasteiger partial charge in [0.15, 0.2) is 11.5 Å². The van der Waals surface area contributed by atoms with Crippen molar-refractivity contribution in [2.45, 2.75) is 13.0 Å². The summed E-state index contributed by atoms with van der Waals surface area (Å²) in [5, 5.41) is 22.2. The third-order valence-corrected chi connectivity index (χ3v) is 5.05. The highest BCUT2D eigenvalue weighted by Crippen LogP contribution is 2.35. The smallest absolute Gasteiger partial charge is 0.266 e. The van der Waals surface area contributed by atoms with E-state index in [0.29, 0.717) is 34.2 Å². The summed E-state index contributed by atoms with van der Waals surface area (Å²) < 4.78 is 11.6.